The molecule has 0 aliphatic rings. The Labute approximate surface area is 113 Å². The largest absolute Gasteiger partial charge is 0.308 e. The summed E-state index contributed by atoms with van der Waals surface area (Å²) >= 11 is 3.33. The Morgan fingerprint density at radius 3 is 2.67 bits per heavy atom. The number of aryl methyl sites for hydroxylation is 1. The average molecular weight is 306 g/mol. The predicted molar refractivity (Wildman–Crippen MR) is 73.9 cm³/mol. The van der Waals surface area contributed by atoms with Crippen LogP contribution in [-0.4, -0.2) is 10.4 Å². The number of ketones is 1. The Morgan fingerprint density at radius 1 is 1.28 bits per heavy atom. The SMILES string of the molecule is Cc1ccn(CC(=O)c2ccccc2Br)c(=O)c1. The average Bonchev–Trinajstić information content (AvgIpc) is 2.33. The number of hydrogen-bond donors (Lipinski definition) is 0. The van der Waals surface area contributed by atoms with Crippen molar-refractivity contribution in [2.75, 3.05) is 0 Å². The molecule has 2 aromatic rings. The van der Waals surface area contributed by atoms with Crippen molar-refractivity contribution < 1.29 is 4.79 Å². The van der Waals surface area contributed by atoms with Crippen LogP contribution in [-0.2, 0) is 6.54 Å². The van der Waals surface area contributed by atoms with Gasteiger partial charge in [-0.1, -0.05) is 34.1 Å². The Hall–Kier alpha value is -1.68. The molecule has 0 aliphatic heterocycles. The van der Waals surface area contributed by atoms with Gasteiger partial charge in [-0.2, -0.15) is 0 Å². The highest BCUT2D eigenvalue weighted by molar-refractivity contribution is 9.10. The molecule has 18 heavy (non-hydrogen) atoms. The van der Waals surface area contributed by atoms with Crippen molar-refractivity contribution in [2.24, 2.45) is 0 Å². The molecular weight excluding hydrogens is 294 g/mol. The number of rotatable bonds is 3. The number of halogens is 1. The van der Waals surface area contributed by atoms with Crippen molar-refractivity contribution in [2.45, 2.75) is 13.5 Å². The molecule has 0 bridgehead atoms. The summed E-state index contributed by atoms with van der Waals surface area (Å²) < 4.78 is 2.16. The predicted octanol–water partition coefficient (Wildman–Crippen LogP) is 2.80. The zero-order valence-corrected chi connectivity index (χ0v) is 11.5. The number of pyridine rings is 1. The molecule has 92 valence electrons. The van der Waals surface area contributed by atoms with E-state index in [4.69, 9.17) is 0 Å². The van der Waals surface area contributed by atoms with Gasteiger partial charge in [0.15, 0.2) is 5.78 Å². The lowest BCUT2D eigenvalue weighted by atomic mass is 10.1. The maximum atomic E-state index is 12.1. The molecule has 0 atom stereocenters. The molecule has 4 heteroatoms. The highest BCUT2D eigenvalue weighted by Crippen LogP contribution is 2.16. The van der Waals surface area contributed by atoms with Crippen LogP contribution in [0.15, 0.2) is 51.9 Å². The number of carbonyl (C=O) groups is 1. The van der Waals surface area contributed by atoms with Crippen LogP contribution in [0.1, 0.15) is 15.9 Å². The third kappa shape index (κ3) is 2.76. The summed E-state index contributed by atoms with van der Waals surface area (Å²) in [6.07, 6.45) is 1.65. The second kappa shape index (κ2) is 5.31. The van der Waals surface area contributed by atoms with Gasteiger partial charge < -0.3 is 4.57 Å². The molecule has 0 N–H and O–H groups in total. The van der Waals surface area contributed by atoms with Crippen LogP contribution >= 0.6 is 15.9 Å². The normalized spacial score (nSPS) is 10.3. The van der Waals surface area contributed by atoms with E-state index >= 15 is 0 Å². The molecule has 0 aliphatic carbocycles. The minimum atomic E-state index is -0.157. The van der Waals surface area contributed by atoms with Crippen LogP contribution in [0.3, 0.4) is 0 Å². The van der Waals surface area contributed by atoms with Gasteiger partial charge in [-0.3, -0.25) is 9.59 Å². The summed E-state index contributed by atoms with van der Waals surface area (Å²) in [5.41, 5.74) is 1.32. The monoisotopic (exact) mass is 305 g/mol. The van der Waals surface area contributed by atoms with Crippen LogP contribution in [0.25, 0.3) is 0 Å². The Kier molecular flexibility index (Phi) is 3.77. The van der Waals surface area contributed by atoms with Gasteiger partial charge in [0.05, 0.1) is 6.54 Å². The minimum absolute atomic E-state index is 0.0573. The number of carbonyl (C=O) groups excluding carboxylic acids is 1. The summed E-state index contributed by atoms with van der Waals surface area (Å²) in [6, 6.07) is 10.5. The van der Waals surface area contributed by atoms with Gasteiger partial charge in [-0.25, -0.2) is 0 Å². The zero-order valence-electron chi connectivity index (χ0n) is 9.89. The van der Waals surface area contributed by atoms with Gasteiger partial charge in [-0.15, -0.1) is 0 Å². The number of hydrogen-bond acceptors (Lipinski definition) is 2. The van der Waals surface area contributed by atoms with Crippen LogP contribution in [0.5, 0.6) is 0 Å². The van der Waals surface area contributed by atoms with E-state index < -0.39 is 0 Å². The van der Waals surface area contributed by atoms with E-state index in [1.165, 1.54) is 10.6 Å². The van der Waals surface area contributed by atoms with E-state index in [0.29, 0.717) is 5.56 Å². The number of benzene rings is 1. The van der Waals surface area contributed by atoms with E-state index in [1.807, 2.05) is 25.1 Å². The Balaban J connectivity index is 2.27. The van der Waals surface area contributed by atoms with Gasteiger partial charge >= 0.3 is 0 Å². The molecule has 0 saturated heterocycles. The Morgan fingerprint density at radius 2 is 2.00 bits per heavy atom. The van der Waals surface area contributed by atoms with Gasteiger partial charge in [0.25, 0.3) is 5.56 Å². The first-order chi connectivity index (χ1) is 8.58. The maximum Gasteiger partial charge on any atom is 0.251 e. The molecule has 1 heterocycles. The van der Waals surface area contributed by atoms with E-state index in [2.05, 4.69) is 15.9 Å². The van der Waals surface area contributed by atoms with Crippen molar-refractivity contribution in [3.05, 3.63) is 68.5 Å². The van der Waals surface area contributed by atoms with Crippen LogP contribution in [0.4, 0.5) is 0 Å². The smallest absolute Gasteiger partial charge is 0.251 e. The second-order valence-electron chi connectivity index (χ2n) is 4.07. The summed E-state index contributed by atoms with van der Waals surface area (Å²) in [6.45, 7) is 1.91. The van der Waals surface area contributed by atoms with Crippen LogP contribution < -0.4 is 5.56 Å². The lowest BCUT2D eigenvalue weighted by Crippen LogP contribution is -2.23. The fraction of sp³-hybridized carbons (Fsp3) is 0.143. The van der Waals surface area contributed by atoms with Gasteiger partial charge in [0.2, 0.25) is 0 Å². The molecule has 0 radical (unpaired) electrons. The van der Waals surface area contributed by atoms with Crippen molar-refractivity contribution in [1.29, 1.82) is 0 Å². The quantitative estimate of drug-likeness (QED) is 0.818. The summed E-state index contributed by atoms with van der Waals surface area (Å²) in [7, 11) is 0. The topological polar surface area (TPSA) is 39.1 Å². The fourth-order valence-electron chi connectivity index (χ4n) is 1.66. The standard InChI is InChI=1S/C14H12BrNO2/c1-10-6-7-16(14(18)8-10)9-13(17)11-4-2-3-5-12(11)15/h2-8H,9H2,1H3. The second-order valence-corrected chi connectivity index (χ2v) is 4.93. The Bertz CT molecular complexity index is 646. The molecule has 0 amide bonds. The molecule has 0 fully saturated rings. The first kappa shape index (κ1) is 12.8. The van der Waals surface area contributed by atoms with Gasteiger partial charge in [-0.05, 0) is 24.6 Å². The first-order valence-corrected chi connectivity index (χ1v) is 6.32. The highest BCUT2D eigenvalue weighted by Gasteiger charge is 2.10. The molecule has 2 rings (SSSR count). The maximum absolute atomic E-state index is 12.1. The molecule has 1 aromatic carbocycles. The number of aromatic nitrogens is 1. The fourth-order valence-corrected chi connectivity index (χ4v) is 2.17. The molecular formula is C14H12BrNO2. The summed E-state index contributed by atoms with van der Waals surface area (Å²) in [5, 5.41) is 0. The lowest BCUT2D eigenvalue weighted by molar-refractivity contribution is 0.0970. The third-order valence-electron chi connectivity index (χ3n) is 2.64. The van der Waals surface area contributed by atoms with E-state index in [0.717, 1.165) is 10.0 Å². The van der Waals surface area contributed by atoms with Crippen molar-refractivity contribution in [3.8, 4) is 0 Å². The van der Waals surface area contributed by atoms with Crippen molar-refractivity contribution in [1.82, 2.24) is 4.57 Å². The van der Waals surface area contributed by atoms with E-state index in [9.17, 15) is 9.59 Å². The lowest BCUT2D eigenvalue weighted by Gasteiger charge is -2.06. The number of nitrogens with zero attached hydrogens (tertiary/aromatic N) is 1. The molecule has 0 unspecified atom stereocenters. The first-order valence-electron chi connectivity index (χ1n) is 5.53. The molecule has 1 aromatic heterocycles. The van der Waals surface area contributed by atoms with Crippen molar-refractivity contribution >= 4 is 21.7 Å². The summed E-state index contributed by atoms with van der Waals surface area (Å²) in [4.78, 5) is 23.8. The van der Waals surface area contributed by atoms with Gasteiger partial charge in [0.1, 0.15) is 0 Å². The molecule has 0 saturated carbocycles. The third-order valence-corrected chi connectivity index (χ3v) is 3.33. The molecule has 0 spiro atoms. The van der Waals surface area contributed by atoms with Crippen LogP contribution in [0, 0.1) is 6.92 Å². The highest BCUT2D eigenvalue weighted by atomic mass is 79.9. The number of Topliss-reactive ketones (excluding diaryl/α,β-unsaturated/α-hetero) is 1. The van der Waals surface area contributed by atoms with Gasteiger partial charge in [0, 0.05) is 22.3 Å². The summed E-state index contributed by atoms with van der Waals surface area (Å²) in [5.74, 6) is -0.0894. The molecule has 3 nitrogen and oxygen atoms in total. The van der Waals surface area contributed by atoms with Crippen LogP contribution in [0.2, 0.25) is 0 Å². The van der Waals surface area contributed by atoms with E-state index in [-0.39, 0.29) is 17.9 Å². The minimum Gasteiger partial charge on any atom is -0.308 e. The zero-order chi connectivity index (χ0) is 13.1. The van der Waals surface area contributed by atoms with E-state index in [1.54, 1.807) is 18.3 Å². The van der Waals surface area contributed by atoms with Crippen molar-refractivity contribution in [3.63, 3.8) is 0 Å².